The number of hydrogen-bond donors (Lipinski definition) is 0. The van der Waals surface area contributed by atoms with E-state index in [1.54, 1.807) is 0 Å². The van der Waals surface area contributed by atoms with Crippen molar-refractivity contribution in [2.24, 2.45) is 0 Å². The van der Waals surface area contributed by atoms with E-state index in [1.807, 2.05) is 13.2 Å². The Morgan fingerprint density at radius 3 is 2.56 bits per heavy atom. The maximum atomic E-state index is 10.5. The van der Waals surface area contributed by atoms with Crippen LogP contribution in [-0.4, -0.2) is 19.3 Å². The second-order valence-corrected chi connectivity index (χ2v) is 2.53. The molecule has 0 N–H and O–H groups in total. The molecule has 0 saturated carbocycles. The molecule has 0 spiro atoms. The summed E-state index contributed by atoms with van der Waals surface area (Å²) in [7, 11) is 1.37. The zero-order valence-corrected chi connectivity index (χ0v) is 6.62. The molecule has 0 radical (unpaired) electrons. The third-order valence-electron chi connectivity index (χ3n) is 0.844. The van der Waals surface area contributed by atoms with Gasteiger partial charge in [-0.2, -0.15) is 0 Å². The van der Waals surface area contributed by atoms with Crippen molar-refractivity contribution < 1.29 is 9.53 Å². The topological polar surface area (TPSA) is 26.3 Å². The van der Waals surface area contributed by atoms with Crippen LogP contribution in [0.1, 0.15) is 6.92 Å². The number of hydrogen-bond acceptors (Lipinski definition) is 3. The molecular formula is C6H10O2S. The first-order valence-corrected chi connectivity index (χ1v) is 3.73. The molecule has 9 heavy (non-hydrogen) atoms. The van der Waals surface area contributed by atoms with E-state index in [4.69, 9.17) is 0 Å². The Balaban J connectivity index is 3.79. The molecule has 0 fully saturated rings. The van der Waals surface area contributed by atoms with Gasteiger partial charge < -0.3 is 4.74 Å². The summed E-state index contributed by atoms with van der Waals surface area (Å²) in [5.41, 5.74) is 0. The van der Waals surface area contributed by atoms with Gasteiger partial charge in [0, 0.05) is 6.08 Å². The average molecular weight is 146 g/mol. The number of thioether (sulfide) groups is 1. The van der Waals surface area contributed by atoms with Crippen LogP contribution in [0.25, 0.3) is 0 Å². The highest BCUT2D eigenvalue weighted by Crippen LogP contribution is 2.08. The van der Waals surface area contributed by atoms with Gasteiger partial charge in [-0.15, -0.1) is 11.8 Å². The van der Waals surface area contributed by atoms with Crippen LogP contribution in [0.3, 0.4) is 0 Å². The quantitative estimate of drug-likeness (QED) is 0.435. The Hall–Kier alpha value is -0.440. The summed E-state index contributed by atoms with van der Waals surface area (Å²) in [6.45, 7) is 1.86. The molecule has 0 saturated heterocycles. The lowest BCUT2D eigenvalue weighted by Crippen LogP contribution is -1.94. The van der Waals surface area contributed by atoms with E-state index in [9.17, 15) is 4.79 Å². The van der Waals surface area contributed by atoms with Gasteiger partial charge in [0.1, 0.15) is 0 Å². The van der Waals surface area contributed by atoms with Crippen LogP contribution in [0, 0.1) is 0 Å². The smallest absolute Gasteiger partial charge is 0.331 e. The molecule has 3 heteroatoms. The van der Waals surface area contributed by atoms with Crippen molar-refractivity contribution in [2.45, 2.75) is 6.92 Å². The Morgan fingerprint density at radius 1 is 1.67 bits per heavy atom. The van der Waals surface area contributed by atoms with Crippen LogP contribution in [0.5, 0.6) is 0 Å². The molecule has 2 nitrogen and oxygen atoms in total. The van der Waals surface area contributed by atoms with Crippen molar-refractivity contribution >= 4 is 17.7 Å². The molecule has 0 aromatic rings. The highest BCUT2D eigenvalue weighted by atomic mass is 32.2. The van der Waals surface area contributed by atoms with Gasteiger partial charge >= 0.3 is 5.97 Å². The Labute approximate surface area is 59.3 Å². The second kappa shape index (κ2) is 4.44. The lowest BCUT2D eigenvalue weighted by atomic mass is 10.5. The second-order valence-electron chi connectivity index (χ2n) is 1.48. The Kier molecular flexibility index (Phi) is 4.22. The van der Waals surface area contributed by atoms with Crippen molar-refractivity contribution in [3.05, 3.63) is 11.0 Å². The number of esters is 1. The predicted molar refractivity (Wildman–Crippen MR) is 39.3 cm³/mol. The number of rotatable bonds is 2. The maximum Gasteiger partial charge on any atom is 0.331 e. The van der Waals surface area contributed by atoms with E-state index >= 15 is 0 Å². The van der Waals surface area contributed by atoms with Crippen LogP contribution >= 0.6 is 11.8 Å². The number of carbonyl (C=O) groups is 1. The van der Waals surface area contributed by atoms with Crippen LogP contribution in [0.2, 0.25) is 0 Å². The lowest BCUT2D eigenvalue weighted by Gasteiger charge is -1.92. The van der Waals surface area contributed by atoms with E-state index in [2.05, 4.69) is 4.74 Å². The highest BCUT2D eigenvalue weighted by Gasteiger charge is 1.92. The normalized spacial score (nSPS) is 11.2. The molecule has 0 rings (SSSR count). The minimum Gasteiger partial charge on any atom is -0.466 e. The van der Waals surface area contributed by atoms with Gasteiger partial charge in [-0.25, -0.2) is 4.79 Å². The molecule has 0 aliphatic heterocycles. The van der Waals surface area contributed by atoms with Crippen molar-refractivity contribution in [1.29, 1.82) is 0 Å². The van der Waals surface area contributed by atoms with E-state index in [0.717, 1.165) is 4.91 Å². The minimum absolute atomic E-state index is 0.290. The molecule has 0 heterocycles. The zero-order chi connectivity index (χ0) is 7.28. The van der Waals surface area contributed by atoms with Gasteiger partial charge in [-0.1, -0.05) is 0 Å². The van der Waals surface area contributed by atoms with Gasteiger partial charge in [0.2, 0.25) is 0 Å². The van der Waals surface area contributed by atoms with Crippen molar-refractivity contribution in [3.63, 3.8) is 0 Å². The van der Waals surface area contributed by atoms with E-state index in [1.165, 1.54) is 24.9 Å². The summed E-state index contributed by atoms with van der Waals surface area (Å²) in [4.78, 5) is 11.4. The summed E-state index contributed by atoms with van der Waals surface area (Å²) in [5.74, 6) is -0.290. The van der Waals surface area contributed by atoms with Gasteiger partial charge in [0.25, 0.3) is 0 Å². The molecule has 0 amide bonds. The molecule has 0 aromatic heterocycles. The Bertz CT molecular complexity index is 129. The molecule has 0 unspecified atom stereocenters. The summed E-state index contributed by atoms with van der Waals surface area (Å²) in [6.07, 6.45) is 3.37. The number of ether oxygens (including phenoxy) is 1. The summed E-state index contributed by atoms with van der Waals surface area (Å²) < 4.78 is 4.39. The van der Waals surface area contributed by atoms with Gasteiger partial charge in [-0.3, -0.25) is 0 Å². The number of methoxy groups -OCH3 is 1. The molecule has 0 bridgehead atoms. The number of carbonyl (C=O) groups excluding carboxylic acids is 1. The number of allylic oxidation sites excluding steroid dienone is 1. The maximum absolute atomic E-state index is 10.5. The largest absolute Gasteiger partial charge is 0.466 e. The molecule has 52 valence electrons. The summed E-state index contributed by atoms with van der Waals surface area (Å²) in [5, 5.41) is 0. The molecule has 0 aliphatic carbocycles. The first-order chi connectivity index (χ1) is 4.20. The fraction of sp³-hybridized carbons (Fsp3) is 0.500. The van der Waals surface area contributed by atoms with Crippen LogP contribution in [-0.2, 0) is 9.53 Å². The lowest BCUT2D eigenvalue weighted by molar-refractivity contribution is -0.134. The van der Waals surface area contributed by atoms with Crippen LogP contribution in [0.4, 0.5) is 0 Å². The standard InChI is InChI=1S/C6H10O2S/c1-5(9-3)4-6(7)8-2/h4H,1-3H3/b5-4-. The van der Waals surface area contributed by atoms with Crippen molar-refractivity contribution in [2.75, 3.05) is 13.4 Å². The first kappa shape index (κ1) is 8.56. The predicted octanol–water partition coefficient (Wildman–Crippen LogP) is 1.43. The molecule has 0 aromatic carbocycles. The Morgan fingerprint density at radius 2 is 2.22 bits per heavy atom. The zero-order valence-electron chi connectivity index (χ0n) is 5.80. The average Bonchev–Trinajstić information content (AvgIpc) is 1.87. The fourth-order valence-electron chi connectivity index (χ4n) is 0.284. The third-order valence-corrected chi connectivity index (χ3v) is 1.61. The minimum atomic E-state index is -0.290. The summed E-state index contributed by atoms with van der Waals surface area (Å²) >= 11 is 1.53. The SMILES string of the molecule is COC(=O)/C=C(/C)SC. The van der Waals surface area contributed by atoms with Gasteiger partial charge in [0.15, 0.2) is 0 Å². The molecular weight excluding hydrogens is 136 g/mol. The van der Waals surface area contributed by atoms with Crippen molar-refractivity contribution in [1.82, 2.24) is 0 Å². The molecule has 0 aliphatic rings. The van der Waals surface area contributed by atoms with Crippen molar-refractivity contribution in [3.8, 4) is 0 Å². The third kappa shape index (κ3) is 4.09. The van der Waals surface area contributed by atoms with Crippen LogP contribution < -0.4 is 0 Å². The van der Waals surface area contributed by atoms with E-state index in [0.29, 0.717) is 0 Å². The summed E-state index contributed by atoms with van der Waals surface area (Å²) in [6, 6.07) is 0. The first-order valence-electron chi connectivity index (χ1n) is 2.51. The highest BCUT2D eigenvalue weighted by molar-refractivity contribution is 8.02. The monoisotopic (exact) mass is 146 g/mol. The molecule has 0 atom stereocenters. The van der Waals surface area contributed by atoms with Gasteiger partial charge in [-0.05, 0) is 18.1 Å². The van der Waals surface area contributed by atoms with E-state index < -0.39 is 0 Å². The fourth-order valence-corrected chi connectivity index (χ4v) is 0.498. The van der Waals surface area contributed by atoms with Crippen LogP contribution in [0.15, 0.2) is 11.0 Å². The van der Waals surface area contributed by atoms with E-state index in [-0.39, 0.29) is 5.97 Å². The van der Waals surface area contributed by atoms with Gasteiger partial charge in [0.05, 0.1) is 7.11 Å².